The molecule has 0 aliphatic carbocycles. The summed E-state index contributed by atoms with van der Waals surface area (Å²) in [6, 6.07) is 0.864. The third-order valence-corrected chi connectivity index (χ3v) is 8.52. The molecule has 0 bridgehead atoms. The van der Waals surface area contributed by atoms with E-state index >= 15 is 0 Å². The molecule has 18 heavy (non-hydrogen) atoms. The molecule has 110 valence electrons. The number of thiol groups is 1. The molecule has 3 nitrogen and oxygen atoms in total. The van der Waals surface area contributed by atoms with Crippen molar-refractivity contribution in [1.29, 1.82) is 0 Å². The average Bonchev–Trinajstić information content (AvgIpc) is 2.26. The lowest BCUT2D eigenvalue weighted by molar-refractivity contribution is 0.00105. The molecule has 1 atom stereocenters. The predicted molar refractivity (Wildman–Crippen MR) is 86.6 cm³/mol. The topological polar surface area (TPSA) is 27.7 Å². The van der Waals surface area contributed by atoms with Gasteiger partial charge in [-0.05, 0) is 38.9 Å². The Morgan fingerprint density at radius 3 is 2.06 bits per heavy atom. The Morgan fingerprint density at radius 1 is 1.22 bits per heavy atom. The Morgan fingerprint density at radius 2 is 1.72 bits per heavy atom. The van der Waals surface area contributed by atoms with Crippen LogP contribution in [0.3, 0.4) is 0 Å². The number of rotatable bonds is 10. The van der Waals surface area contributed by atoms with Gasteiger partial charge >= 0.3 is 8.80 Å². The van der Waals surface area contributed by atoms with Crippen molar-refractivity contribution in [3.63, 3.8) is 0 Å². The third-order valence-electron chi connectivity index (χ3n) is 3.18. The summed E-state index contributed by atoms with van der Waals surface area (Å²) in [5, 5.41) is -0.0901. The quantitative estimate of drug-likeness (QED) is 0.494. The summed E-state index contributed by atoms with van der Waals surface area (Å²) >= 11 is 4.29. The largest absolute Gasteiger partial charge is 0.501 e. The first-order valence-corrected chi connectivity index (χ1v) is 10.5. The van der Waals surface area contributed by atoms with Crippen LogP contribution in [0.25, 0.3) is 0 Å². The maximum atomic E-state index is 6.39. The molecule has 0 aromatic carbocycles. The standard InChI is InChI=1S/C12H30O3SSi2/c1-6-13-18(14-7-2,10-8-9-16)15-12(5,17)11(3)4/h11,16H,6-10H2,1-5,17H3. The molecule has 0 N–H and O–H groups in total. The van der Waals surface area contributed by atoms with Crippen LogP contribution in [-0.2, 0) is 13.3 Å². The summed E-state index contributed by atoms with van der Waals surface area (Å²) in [6.45, 7) is 11.9. The van der Waals surface area contributed by atoms with E-state index in [1.54, 1.807) is 0 Å². The summed E-state index contributed by atoms with van der Waals surface area (Å²) in [6.07, 6.45) is 0.977. The summed E-state index contributed by atoms with van der Waals surface area (Å²) in [4.78, 5) is 0. The first-order chi connectivity index (χ1) is 8.33. The van der Waals surface area contributed by atoms with Crippen LogP contribution in [0.1, 0.15) is 41.0 Å². The van der Waals surface area contributed by atoms with E-state index in [2.05, 4.69) is 33.4 Å². The zero-order chi connectivity index (χ0) is 14.2. The van der Waals surface area contributed by atoms with E-state index in [1.807, 2.05) is 13.8 Å². The number of hydrogen-bond acceptors (Lipinski definition) is 4. The second-order valence-electron chi connectivity index (χ2n) is 5.24. The molecule has 0 spiro atoms. The zero-order valence-corrected chi connectivity index (χ0v) is 16.7. The van der Waals surface area contributed by atoms with E-state index in [1.165, 1.54) is 0 Å². The Labute approximate surface area is 122 Å². The summed E-state index contributed by atoms with van der Waals surface area (Å²) in [7, 11) is -1.56. The Bertz CT molecular complexity index is 219. The molecule has 0 rings (SSSR count). The van der Waals surface area contributed by atoms with Gasteiger partial charge in [0.25, 0.3) is 0 Å². The lowest BCUT2D eigenvalue weighted by atomic mass is 10.1. The molecule has 0 saturated carbocycles. The van der Waals surface area contributed by atoms with E-state index < -0.39 is 8.80 Å². The van der Waals surface area contributed by atoms with Crippen molar-refractivity contribution in [3.8, 4) is 0 Å². The predicted octanol–water partition coefficient (Wildman–Crippen LogP) is 2.07. The molecule has 0 radical (unpaired) electrons. The van der Waals surface area contributed by atoms with Crippen molar-refractivity contribution in [2.45, 2.75) is 52.3 Å². The van der Waals surface area contributed by atoms with Crippen LogP contribution in [0.2, 0.25) is 6.04 Å². The Balaban J connectivity index is 4.90. The highest BCUT2D eigenvalue weighted by Gasteiger charge is 2.45. The van der Waals surface area contributed by atoms with Crippen LogP contribution in [0.15, 0.2) is 0 Å². The van der Waals surface area contributed by atoms with Gasteiger partial charge in [-0.3, -0.25) is 0 Å². The minimum Gasteiger partial charge on any atom is -0.374 e. The fraction of sp³-hybridized carbons (Fsp3) is 1.00. The second kappa shape index (κ2) is 8.76. The summed E-state index contributed by atoms with van der Waals surface area (Å²) in [5.74, 6) is 1.32. The third kappa shape index (κ3) is 6.21. The molecule has 0 aromatic rings. The van der Waals surface area contributed by atoms with Gasteiger partial charge in [0.05, 0.1) is 0 Å². The molecule has 0 saturated heterocycles. The smallest absolute Gasteiger partial charge is 0.374 e. The van der Waals surface area contributed by atoms with Gasteiger partial charge in [0.1, 0.15) is 0 Å². The Kier molecular flexibility index (Phi) is 9.08. The van der Waals surface area contributed by atoms with Crippen LogP contribution >= 0.6 is 12.6 Å². The van der Waals surface area contributed by atoms with E-state index in [0.29, 0.717) is 19.1 Å². The van der Waals surface area contributed by atoms with Crippen molar-refractivity contribution in [2.75, 3.05) is 19.0 Å². The van der Waals surface area contributed by atoms with E-state index in [9.17, 15) is 0 Å². The van der Waals surface area contributed by atoms with Crippen LogP contribution in [0, 0.1) is 5.92 Å². The normalized spacial score (nSPS) is 16.2. The molecule has 1 unspecified atom stereocenters. The molecule has 6 heteroatoms. The zero-order valence-electron chi connectivity index (χ0n) is 12.8. The monoisotopic (exact) mass is 310 g/mol. The highest BCUT2D eigenvalue weighted by molar-refractivity contribution is 7.80. The van der Waals surface area contributed by atoms with Crippen LogP contribution < -0.4 is 0 Å². The highest BCUT2D eigenvalue weighted by atomic mass is 32.1. The van der Waals surface area contributed by atoms with Crippen molar-refractivity contribution in [3.05, 3.63) is 0 Å². The van der Waals surface area contributed by atoms with Crippen molar-refractivity contribution in [2.24, 2.45) is 5.92 Å². The van der Waals surface area contributed by atoms with E-state index in [4.69, 9.17) is 13.3 Å². The Hall–Kier alpha value is 0.664. The van der Waals surface area contributed by atoms with Gasteiger partial charge in [-0.1, -0.05) is 13.8 Å². The van der Waals surface area contributed by atoms with Gasteiger partial charge < -0.3 is 13.3 Å². The summed E-state index contributed by atoms with van der Waals surface area (Å²) in [5.41, 5.74) is 0. The summed E-state index contributed by atoms with van der Waals surface area (Å²) < 4.78 is 18.3. The first-order valence-electron chi connectivity index (χ1n) is 6.92. The van der Waals surface area contributed by atoms with Gasteiger partial charge in [-0.2, -0.15) is 12.6 Å². The minimum absolute atomic E-state index is 0.0901. The molecule has 0 aromatic heterocycles. The maximum absolute atomic E-state index is 6.39. The van der Waals surface area contributed by atoms with Crippen LogP contribution in [0.5, 0.6) is 0 Å². The van der Waals surface area contributed by atoms with Gasteiger partial charge in [0.15, 0.2) is 0 Å². The molecule has 0 aliphatic rings. The molecular formula is C12H30O3SSi2. The van der Waals surface area contributed by atoms with Crippen molar-refractivity contribution in [1.82, 2.24) is 0 Å². The molecular weight excluding hydrogens is 280 g/mol. The van der Waals surface area contributed by atoms with E-state index in [0.717, 1.165) is 28.5 Å². The molecule has 0 aliphatic heterocycles. The fourth-order valence-corrected chi connectivity index (χ4v) is 6.06. The minimum atomic E-state index is -2.53. The molecule has 0 fully saturated rings. The maximum Gasteiger partial charge on any atom is 0.501 e. The van der Waals surface area contributed by atoms with Crippen molar-refractivity contribution >= 4 is 31.7 Å². The van der Waals surface area contributed by atoms with Gasteiger partial charge in [0.2, 0.25) is 0 Å². The van der Waals surface area contributed by atoms with Gasteiger partial charge in [0, 0.05) is 34.7 Å². The second-order valence-corrected chi connectivity index (χ2v) is 10.3. The number of hydrogen-bond donors (Lipinski definition) is 1. The lowest BCUT2D eigenvalue weighted by Gasteiger charge is -2.39. The van der Waals surface area contributed by atoms with Crippen molar-refractivity contribution < 1.29 is 13.3 Å². The van der Waals surface area contributed by atoms with E-state index in [-0.39, 0.29) is 5.22 Å². The average molecular weight is 311 g/mol. The molecule has 0 amide bonds. The molecule has 0 heterocycles. The SMILES string of the molecule is CCO[Si](CCCS)(OCC)OC(C)([SiH3])C(C)C. The van der Waals surface area contributed by atoms with Crippen LogP contribution in [0.4, 0.5) is 0 Å². The van der Waals surface area contributed by atoms with Gasteiger partial charge in [-0.25, -0.2) is 0 Å². The fourth-order valence-electron chi connectivity index (χ4n) is 1.55. The highest BCUT2D eigenvalue weighted by Crippen LogP contribution is 2.28. The van der Waals surface area contributed by atoms with Crippen LogP contribution in [-0.4, -0.2) is 43.2 Å². The van der Waals surface area contributed by atoms with Gasteiger partial charge in [-0.15, -0.1) is 0 Å². The first kappa shape index (κ1) is 18.7. The lowest BCUT2D eigenvalue weighted by Crippen LogP contribution is -2.54.